The maximum Gasteiger partial charge on any atom is 0.319 e. The van der Waals surface area contributed by atoms with E-state index in [0.29, 0.717) is 0 Å². The summed E-state index contributed by atoms with van der Waals surface area (Å²) >= 11 is 0. The molecule has 0 aliphatic carbocycles. The van der Waals surface area contributed by atoms with Crippen molar-refractivity contribution in [2.24, 2.45) is 0 Å². The van der Waals surface area contributed by atoms with Crippen LogP contribution in [0.4, 0.5) is 0 Å². The Morgan fingerprint density at radius 2 is 1.55 bits per heavy atom. The van der Waals surface area contributed by atoms with E-state index in [1.54, 1.807) is 6.92 Å². The molecule has 0 fully saturated rings. The maximum absolute atomic E-state index is 11.2. The summed E-state index contributed by atoms with van der Waals surface area (Å²) in [7, 11) is 0. The van der Waals surface area contributed by atoms with Crippen LogP contribution in [0.2, 0.25) is 0 Å². The Hall–Kier alpha value is -1.18. The molecule has 0 aliphatic heterocycles. The Morgan fingerprint density at radius 3 is 1.95 bits per heavy atom. The zero-order valence-electron chi connectivity index (χ0n) is 14.0. The van der Waals surface area contributed by atoms with Crippen molar-refractivity contribution in [1.82, 2.24) is 0 Å². The molecule has 0 aromatic carbocycles. The second-order valence-corrected chi connectivity index (χ2v) is 4.50. The largest absolute Gasteiger partial charge is 0.462 e. The lowest BCUT2D eigenvalue weighted by Crippen LogP contribution is -2.23. The van der Waals surface area contributed by atoms with Crippen molar-refractivity contribution in [3.63, 3.8) is 0 Å². The van der Waals surface area contributed by atoms with E-state index in [1.807, 2.05) is 20.8 Å². The number of carbonyl (C=O) groups excluding carboxylic acids is 2. The van der Waals surface area contributed by atoms with Gasteiger partial charge in [-0.3, -0.25) is 9.59 Å². The van der Waals surface area contributed by atoms with Gasteiger partial charge in [-0.2, -0.15) is 0 Å². The van der Waals surface area contributed by atoms with Crippen LogP contribution in [0.1, 0.15) is 53.4 Å². The molecule has 0 amide bonds. The van der Waals surface area contributed by atoms with Gasteiger partial charge in [-0.1, -0.05) is 13.3 Å². The highest BCUT2D eigenvalue weighted by Gasteiger charge is 2.17. The fourth-order valence-corrected chi connectivity index (χ4v) is 1.42. The molecule has 2 atom stereocenters. The van der Waals surface area contributed by atoms with Gasteiger partial charge in [0.2, 0.25) is 6.29 Å². The van der Waals surface area contributed by atoms with E-state index in [1.165, 1.54) is 0 Å². The fourth-order valence-electron chi connectivity index (χ4n) is 1.42. The first-order valence-electron chi connectivity index (χ1n) is 7.66. The number of esters is 2. The highest BCUT2D eigenvalue weighted by Crippen LogP contribution is 2.04. The third-order valence-electron chi connectivity index (χ3n) is 2.37. The van der Waals surface area contributed by atoms with Crippen LogP contribution in [0.5, 0.6) is 0 Å². The smallest absolute Gasteiger partial charge is 0.319 e. The van der Waals surface area contributed by atoms with E-state index in [2.05, 4.69) is 4.74 Å². The molecule has 0 spiro atoms. The van der Waals surface area contributed by atoms with Gasteiger partial charge >= 0.3 is 11.9 Å². The summed E-state index contributed by atoms with van der Waals surface area (Å²) in [4.78, 5) is 22.3. The SMILES string of the molecule is CCCC(C)OC(=O)CC(=O)OC(O)CCO.CCOCC. The number of hydrogen-bond donors (Lipinski definition) is 2. The highest BCUT2D eigenvalue weighted by atomic mass is 16.6. The van der Waals surface area contributed by atoms with E-state index >= 15 is 0 Å². The molecule has 0 radical (unpaired) electrons. The summed E-state index contributed by atoms with van der Waals surface area (Å²) < 4.78 is 14.2. The summed E-state index contributed by atoms with van der Waals surface area (Å²) in [6, 6.07) is 0. The van der Waals surface area contributed by atoms with Crippen molar-refractivity contribution in [2.45, 2.75) is 65.8 Å². The van der Waals surface area contributed by atoms with Crippen LogP contribution in [-0.4, -0.2) is 54.4 Å². The third-order valence-corrected chi connectivity index (χ3v) is 2.37. The number of carbonyl (C=O) groups is 2. The molecule has 0 rings (SSSR count). The molecule has 7 heteroatoms. The standard InChI is InChI=1S/C11H20O6.C4H10O/c1-3-4-8(2)16-10(14)7-11(15)17-9(13)5-6-12;1-3-5-4-2/h8-9,12-13H,3-7H2,1-2H3;3-4H2,1-2H3. The zero-order valence-corrected chi connectivity index (χ0v) is 14.0. The van der Waals surface area contributed by atoms with Crippen molar-refractivity contribution in [3.05, 3.63) is 0 Å². The molecular weight excluding hydrogens is 292 g/mol. The van der Waals surface area contributed by atoms with Gasteiger partial charge in [-0.15, -0.1) is 0 Å². The lowest BCUT2D eigenvalue weighted by Gasteiger charge is -2.13. The van der Waals surface area contributed by atoms with Crippen LogP contribution in [0.3, 0.4) is 0 Å². The minimum absolute atomic E-state index is 0.0764. The average molecular weight is 322 g/mol. The van der Waals surface area contributed by atoms with Gasteiger partial charge < -0.3 is 24.4 Å². The van der Waals surface area contributed by atoms with Gasteiger partial charge in [0.15, 0.2) is 0 Å². The Morgan fingerprint density at radius 1 is 1.00 bits per heavy atom. The molecule has 0 aromatic rings. The van der Waals surface area contributed by atoms with Gasteiger partial charge in [-0.25, -0.2) is 0 Å². The van der Waals surface area contributed by atoms with E-state index in [0.717, 1.165) is 26.1 Å². The molecular formula is C15H30O7. The topological polar surface area (TPSA) is 102 Å². The van der Waals surface area contributed by atoms with Crippen LogP contribution in [0.25, 0.3) is 0 Å². The van der Waals surface area contributed by atoms with Gasteiger partial charge in [-0.05, 0) is 27.2 Å². The van der Waals surface area contributed by atoms with Crippen molar-refractivity contribution in [2.75, 3.05) is 19.8 Å². The Labute approximate surface area is 132 Å². The van der Waals surface area contributed by atoms with Gasteiger partial charge in [0.25, 0.3) is 0 Å². The number of rotatable bonds is 10. The number of aliphatic hydroxyl groups is 2. The lowest BCUT2D eigenvalue weighted by molar-refractivity contribution is -0.174. The van der Waals surface area contributed by atoms with Crippen molar-refractivity contribution in [3.8, 4) is 0 Å². The van der Waals surface area contributed by atoms with Crippen LogP contribution in [-0.2, 0) is 23.8 Å². The minimum atomic E-state index is -1.38. The molecule has 0 aliphatic rings. The zero-order chi connectivity index (χ0) is 17.4. The third kappa shape index (κ3) is 16.9. The summed E-state index contributed by atoms with van der Waals surface area (Å²) in [5, 5.41) is 17.5. The molecule has 7 nitrogen and oxygen atoms in total. The predicted molar refractivity (Wildman–Crippen MR) is 81.0 cm³/mol. The normalized spacial score (nSPS) is 12.6. The molecule has 0 bridgehead atoms. The summed E-state index contributed by atoms with van der Waals surface area (Å²) in [6.07, 6.45) is -0.609. The van der Waals surface area contributed by atoms with Crippen LogP contribution in [0, 0.1) is 0 Å². The predicted octanol–water partition coefficient (Wildman–Crippen LogP) is 1.40. The number of hydrogen-bond acceptors (Lipinski definition) is 7. The van der Waals surface area contributed by atoms with Crippen LogP contribution >= 0.6 is 0 Å². The van der Waals surface area contributed by atoms with Crippen LogP contribution in [0.15, 0.2) is 0 Å². The monoisotopic (exact) mass is 322 g/mol. The Balaban J connectivity index is 0. The van der Waals surface area contributed by atoms with Crippen LogP contribution < -0.4 is 0 Å². The van der Waals surface area contributed by atoms with E-state index in [4.69, 9.17) is 19.7 Å². The maximum atomic E-state index is 11.2. The molecule has 22 heavy (non-hydrogen) atoms. The first kappa shape index (κ1) is 23.1. The van der Waals surface area contributed by atoms with E-state index < -0.39 is 24.6 Å². The van der Waals surface area contributed by atoms with Crippen molar-refractivity contribution in [1.29, 1.82) is 0 Å². The second kappa shape index (κ2) is 16.2. The van der Waals surface area contributed by atoms with Crippen molar-refractivity contribution < 1.29 is 34.0 Å². The molecule has 0 saturated heterocycles. The molecule has 132 valence electrons. The quantitative estimate of drug-likeness (QED) is 0.356. The van der Waals surface area contributed by atoms with E-state index in [-0.39, 0.29) is 19.1 Å². The minimum Gasteiger partial charge on any atom is -0.462 e. The highest BCUT2D eigenvalue weighted by molar-refractivity contribution is 5.91. The molecule has 2 unspecified atom stereocenters. The average Bonchev–Trinajstić information content (AvgIpc) is 2.40. The fraction of sp³-hybridized carbons (Fsp3) is 0.867. The number of aliphatic hydroxyl groups excluding tert-OH is 2. The molecule has 2 N–H and O–H groups in total. The lowest BCUT2D eigenvalue weighted by atomic mass is 10.2. The molecule has 0 aromatic heterocycles. The molecule has 0 heterocycles. The first-order valence-corrected chi connectivity index (χ1v) is 7.66. The summed E-state index contributed by atoms with van der Waals surface area (Å²) in [6.45, 7) is 9.07. The Kier molecular flexibility index (Phi) is 17.0. The summed E-state index contributed by atoms with van der Waals surface area (Å²) in [5.74, 6) is -1.54. The van der Waals surface area contributed by atoms with Crippen molar-refractivity contribution >= 4 is 11.9 Å². The molecule has 0 saturated carbocycles. The van der Waals surface area contributed by atoms with Gasteiger partial charge in [0.1, 0.15) is 6.42 Å². The van der Waals surface area contributed by atoms with Gasteiger partial charge in [0.05, 0.1) is 6.10 Å². The summed E-state index contributed by atoms with van der Waals surface area (Å²) in [5.41, 5.74) is 0. The van der Waals surface area contributed by atoms with E-state index in [9.17, 15) is 9.59 Å². The first-order chi connectivity index (χ1) is 10.4. The number of ether oxygens (including phenoxy) is 3. The second-order valence-electron chi connectivity index (χ2n) is 4.50. The Bertz CT molecular complexity index is 255. The van der Waals surface area contributed by atoms with Gasteiger partial charge in [0, 0.05) is 26.2 Å².